The molecular weight excluding hydrogens is 224 g/mol. The van der Waals surface area contributed by atoms with E-state index < -0.39 is 4.92 Å². The van der Waals surface area contributed by atoms with Crippen LogP contribution in [0.2, 0.25) is 0 Å². The summed E-state index contributed by atoms with van der Waals surface area (Å²) < 4.78 is 0. The first-order chi connectivity index (χ1) is 8.09. The van der Waals surface area contributed by atoms with E-state index in [9.17, 15) is 20.0 Å². The van der Waals surface area contributed by atoms with Crippen molar-refractivity contribution < 1.29 is 14.8 Å². The second kappa shape index (κ2) is 4.40. The van der Waals surface area contributed by atoms with Crippen LogP contribution in [0.1, 0.15) is 23.2 Å². The highest BCUT2D eigenvalue weighted by molar-refractivity contribution is 5.97. The summed E-state index contributed by atoms with van der Waals surface area (Å²) in [5.41, 5.74) is -0.188. The summed E-state index contributed by atoms with van der Waals surface area (Å²) in [5, 5.41) is 20.2. The van der Waals surface area contributed by atoms with E-state index in [2.05, 4.69) is 0 Å². The first kappa shape index (κ1) is 11.4. The molecule has 1 N–H and O–H groups in total. The van der Waals surface area contributed by atoms with Crippen molar-refractivity contribution in [3.05, 3.63) is 33.9 Å². The maximum Gasteiger partial charge on any atom is 0.270 e. The Bertz CT molecular complexity index is 467. The molecule has 90 valence electrons. The van der Waals surface area contributed by atoms with Crippen molar-refractivity contribution in [3.8, 4) is 5.75 Å². The summed E-state index contributed by atoms with van der Waals surface area (Å²) in [6, 6.07) is 3.48. The van der Waals surface area contributed by atoms with Crippen LogP contribution < -0.4 is 0 Å². The Morgan fingerprint density at radius 3 is 2.59 bits per heavy atom. The predicted octanol–water partition coefficient (Wildman–Crippen LogP) is 1.54. The number of amides is 1. The summed E-state index contributed by atoms with van der Waals surface area (Å²) in [6.45, 7) is 1.28. The van der Waals surface area contributed by atoms with Gasteiger partial charge in [-0.1, -0.05) is 0 Å². The third-order valence-corrected chi connectivity index (χ3v) is 2.81. The standard InChI is InChI=1S/C11H12N2O4/c14-10-4-3-8(13(16)17)7-9(10)11(15)12-5-1-2-6-12/h3-4,7,14H,1-2,5-6H2. The predicted molar refractivity (Wildman–Crippen MR) is 59.9 cm³/mol. The quantitative estimate of drug-likeness (QED) is 0.623. The molecule has 0 bridgehead atoms. The van der Waals surface area contributed by atoms with Crippen molar-refractivity contribution in [2.75, 3.05) is 13.1 Å². The number of benzene rings is 1. The number of hydrogen-bond donors (Lipinski definition) is 1. The average molecular weight is 236 g/mol. The maximum absolute atomic E-state index is 12.0. The molecule has 0 aliphatic carbocycles. The van der Waals surface area contributed by atoms with Gasteiger partial charge in [0.1, 0.15) is 5.75 Å². The number of phenolic OH excluding ortho intramolecular Hbond substituents is 1. The molecule has 2 rings (SSSR count). The number of carbonyl (C=O) groups is 1. The van der Waals surface area contributed by atoms with E-state index in [4.69, 9.17) is 0 Å². The Kier molecular flexibility index (Phi) is 2.95. The Morgan fingerprint density at radius 1 is 1.35 bits per heavy atom. The number of nitrogens with zero attached hydrogens (tertiary/aromatic N) is 2. The Hall–Kier alpha value is -2.11. The van der Waals surface area contributed by atoms with Gasteiger partial charge in [0.25, 0.3) is 11.6 Å². The zero-order valence-corrected chi connectivity index (χ0v) is 9.13. The highest BCUT2D eigenvalue weighted by Crippen LogP contribution is 2.25. The summed E-state index contributed by atoms with van der Waals surface area (Å²) >= 11 is 0. The molecule has 1 aromatic carbocycles. The van der Waals surface area contributed by atoms with Gasteiger partial charge < -0.3 is 10.0 Å². The normalized spacial score (nSPS) is 14.9. The van der Waals surface area contributed by atoms with Gasteiger partial charge in [-0.05, 0) is 18.9 Å². The zero-order valence-electron chi connectivity index (χ0n) is 9.13. The minimum atomic E-state index is -0.583. The minimum Gasteiger partial charge on any atom is -0.507 e. The van der Waals surface area contributed by atoms with Crippen LogP contribution in [0.5, 0.6) is 5.75 Å². The van der Waals surface area contributed by atoms with Crippen LogP contribution in [-0.2, 0) is 0 Å². The first-order valence-corrected chi connectivity index (χ1v) is 5.36. The van der Waals surface area contributed by atoms with Crippen molar-refractivity contribution >= 4 is 11.6 Å². The number of carbonyl (C=O) groups excluding carboxylic acids is 1. The molecule has 1 saturated heterocycles. The van der Waals surface area contributed by atoms with Crippen molar-refractivity contribution in [1.29, 1.82) is 0 Å². The number of hydrogen-bond acceptors (Lipinski definition) is 4. The third kappa shape index (κ3) is 2.20. The van der Waals surface area contributed by atoms with Gasteiger partial charge in [0.15, 0.2) is 0 Å². The van der Waals surface area contributed by atoms with Gasteiger partial charge in [0.05, 0.1) is 10.5 Å². The molecule has 0 radical (unpaired) electrons. The van der Waals surface area contributed by atoms with Gasteiger partial charge in [0.2, 0.25) is 0 Å². The highest BCUT2D eigenvalue weighted by atomic mass is 16.6. The largest absolute Gasteiger partial charge is 0.507 e. The van der Waals surface area contributed by atoms with Crippen LogP contribution >= 0.6 is 0 Å². The van der Waals surface area contributed by atoms with Gasteiger partial charge in [-0.2, -0.15) is 0 Å². The average Bonchev–Trinajstić information content (AvgIpc) is 2.81. The van der Waals surface area contributed by atoms with Gasteiger partial charge in [-0.3, -0.25) is 14.9 Å². The van der Waals surface area contributed by atoms with E-state index >= 15 is 0 Å². The SMILES string of the molecule is O=C(c1cc([N+](=O)[O-])ccc1O)N1CCCC1. The number of phenols is 1. The van der Waals surface area contributed by atoms with Crippen LogP contribution in [0, 0.1) is 10.1 Å². The van der Waals surface area contributed by atoms with E-state index in [0.29, 0.717) is 13.1 Å². The van der Waals surface area contributed by atoms with E-state index in [-0.39, 0.29) is 22.9 Å². The number of nitro benzene ring substituents is 1. The minimum absolute atomic E-state index is 0.00102. The smallest absolute Gasteiger partial charge is 0.270 e. The molecule has 6 heteroatoms. The summed E-state index contributed by atoms with van der Waals surface area (Å²) in [5.74, 6) is -0.559. The Morgan fingerprint density at radius 2 is 2.00 bits per heavy atom. The van der Waals surface area contributed by atoms with E-state index in [1.165, 1.54) is 12.1 Å². The molecular formula is C11H12N2O4. The number of nitro groups is 1. The van der Waals surface area contributed by atoms with Crippen molar-refractivity contribution in [2.24, 2.45) is 0 Å². The molecule has 1 aliphatic rings. The fraction of sp³-hybridized carbons (Fsp3) is 0.364. The number of likely N-dealkylation sites (tertiary alicyclic amines) is 1. The van der Waals surface area contributed by atoms with Crippen LogP contribution in [-0.4, -0.2) is 33.9 Å². The fourth-order valence-corrected chi connectivity index (χ4v) is 1.90. The topological polar surface area (TPSA) is 83.7 Å². The molecule has 0 spiro atoms. The van der Waals surface area contributed by atoms with E-state index in [0.717, 1.165) is 18.9 Å². The molecule has 1 aliphatic heterocycles. The van der Waals surface area contributed by atoms with Crippen LogP contribution in [0.15, 0.2) is 18.2 Å². The van der Waals surface area contributed by atoms with Crippen LogP contribution in [0.3, 0.4) is 0 Å². The molecule has 17 heavy (non-hydrogen) atoms. The van der Waals surface area contributed by atoms with Crippen molar-refractivity contribution in [1.82, 2.24) is 4.90 Å². The monoisotopic (exact) mass is 236 g/mol. The second-order valence-corrected chi connectivity index (χ2v) is 3.96. The summed E-state index contributed by atoms with van der Waals surface area (Å²) in [6.07, 6.45) is 1.86. The maximum atomic E-state index is 12.0. The second-order valence-electron chi connectivity index (χ2n) is 3.96. The van der Waals surface area contributed by atoms with Gasteiger partial charge in [-0.25, -0.2) is 0 Å². The highest BCUT2D eigenvalue weighted by Gasteiger charge is 2.23. The number of aromatic hydroxyl groups is 1. The number of rotatable bonds is 2. The zero-order chi connectivity index (χ0) is 12.4. The Labute approximate surface area is 97.6 Å². The first-order valence-electron chi connectivity index (χ1n) is 5.36. The molecule has 0 aromatic heterocycles. The van der Waals surface area contributed by atoms with Gasteiger partial charge in [0, 0.05) is 25.2 Å². The lowest BCUT2D eigenvalue weighted by atomic mass is 10.1. The molecule has 1 aromatic rings. The Balaban J connectivity index is 2.32. The molecule has 1 fully saturated rings. The van der Waals surface area contributed by atoms with Gasteiger partial charge >= 0.3 is 0 Å². The van der Waals surface area contributed by atoms with Crippen molar-refractivity contribution in [2.45, 2.75) is 12.8 Å². The third-order valence-electron chi connectivity index (χ3n) is 2.81. The lowest BCUT2D eigenvalue weighted by molar-refractivity contribution is -0.384. The molecule has 1 amide bonds. The van der Waals surface area contributed by atoms with Crippen LogP contribution in [0.4, 0.5) is 5.69 Å². The molecule has 0 saturated carbocycles. The number of non-ortho nitro benzene ring substituents is 1. The van der Waals surface area contributed by atoms with Gasteiger partial charge in [-0.15, -0.1) is 0 Å². The lowest BCUT2D eigenvalue weighted by Crippen LogP contribution is -2.27. The van der Waals surface area contributed by atoms with Crippen molar-refractivity contribution in [3.63, 3.8) is 0 Å². The molecule has 6 nitrogen and oxygen atoms in total. The molecule has 0 unspecified atom stereocenters. The van der Waals surface area contributed by atoms with E-state index in [1.54, 1.807) is 4.90 Å². The van der Waals surface area contributed by atoms with Crippen LogP contribution in [0.25, 0.3) is 0 Å². The molecule has 1 heterocycles. The summed E-state index contributed by atoms with van der Waals surface area (Å²) in [7, 11) is 0. The van der Waals surface area contributed by atoms with E-state index in [1.807, 2.05) is 0 Å². The molecule has 0 atom stereocenters. The fourth-order valence-electron chi connectivity index (χ4n) is 1.90. The lowest BCUT2D eigenvalue weighted by Gasteiger charge is -2.15. The summed E-state index contributed by atoms with van der Waals surface area (Å²) in [4.78, 5) is 23.6.